The third kappa shape index (κ3) is 2.04. The summed E-state index contributed by atoms with van der Waals surface area (Å²) >= 11 is 0. The van der Waals surface area contributed by atoms with Crippen molar-refractivity contribution in [3.63, 3.8) is 0 Å². The lowest BCUT2D eigenvalue weighted by Gasteiger charge is -2.14. The summed E-state index contributed by atoms with van der Waals surface area (Å²) in [7, 11) is 0.323. The maximum absolute atomic E-state index is 4.88. The minimum Gasteiger partial charge on any atom is -0.467 e. The Morgan fingerprint density at radius 3 is 2.00 bits per heavy atom. The minimum absolute atomic E-state index is 0.442. The molecule has 0 fully saturated rings. The molecule has 0 N–H and O–H groups in total. The zero-order chi connectivity index (χ0) is 9.19. The van der Waals surface area contributed by atoms with Crippen LogP contribution in [0.15, 0.2) is 12.4 Å². The number of aromatic nitrogens is 2. The molecule has 0 aliphatic rings. The highest BCUT2D eigenvalue weighted by Gasteiger charge is 2.16. The molecule has 0 aliphatic heterocycles. The molecular formula is C8H14N2OSi. The summed E-state index contributed by atoms with van der Waals surface area (Å²) in [6.07, 6.45) is 3.72. The fourth-order valence-electron chi connectivity index (χ4n) is 0.809. The normalized spacial score (nSPS) is 11.3. The summed E-state index contributed by atoms with van der Waals surface area (Å²) in [4.78, 5) is 8.13. The Bertz CT molecular complexity index is 253. The van der Waals surface area contributed by atoms with Crippen molar-refractivity contribution in [2.24, 2.45) is 0 Å². The molecule has 12 heavy (non-hydrogen) atoms. The quantitative estimate of drug-likeness (QED) is 0.641. The molecule has 66 valence electrons. The Kier molecular flexibility index (Phi) is 2.47. The van der Waals surface area contributed by atoms with Gasteiger partial charge in [-0.2, -0.15) is 0 Å². The van der Waals surface area contributed by atoms with Gasteiger partial charge in [-0.25, -0.2) is 9.97 Å². The van der Waals surface area contributed by atoms with Gasteiger partial charge in [-0.3, -0.25) is 0 Å². The Labute approximate surface area is 73.8 Å². The summed E-state index contributed by atoms with van der Waals surface area (Å²) < 4.78 is 4.88. The van der Waals surface area contributed by atoms with Gasteiger partial charge in [-0.05, 0) is 5.19 Å². The molecule has 0 atom stereocenters. The predicted molar refractivity (Wildman–Crippen MR) is 51.6 cm³/mol. The summed E-state index contributed by atoms with van der Waals surface area (Å²) in [5, 5.41) is 1.25. The average Bonchev–Trinajstić information content (AvgIpc) is 2.03. The maximum Gasteiger partial charge on any atom is 0.315 e. The SMILES string of the molecule is COc1ncc([Si](C)(C)C)cn1. The third-order valence-corrected chi connectivity index (χ3v) is 3.67. The van der Waals surface area contributed by atoms with Gasteiger partial charge in [0.15, 0.2) is 0 Å². The van der Waals surface area contributed by atoms with E-state index in [1.807, 2.05) is 12.4 Å². The third-order valence-electron chi connectivity index (χ3n) is 1.68. The molecule has 1 rings (SSSR count). The lowest BCUT2D eigenvalue weighted by Crippen LogP contribution is -2.38. The standard InChI is InChI=1S/C8H14N2OSi/c1-11-8-9-5-7(6-10-8)12(2,3)4/h5-6H,1-4H3. The molecule has 1 aromatic rings. The van der Waals surface area contributed by atoms with Crippen molar-refractivity contribution >= 4 is 13.3 Å². The van der Waals surface area contributed by atoms with E-state index < -0.39 is 8.07 Å². The van der Waals surface area contributed by atoms with E-state index in [1.54, 1.807) is 7.11 Å². The largest absolute Gasteiger partial charge is 0.467 e. The highest BCUT2D eigenvalue weighted by atomic mass is 28.3. The van der Waals surface area contributed by atoms with Crippen LogP contribution in [-0.2, 0) is 0 Å². The molecule has 1 aromatic heterocycles. The van der Waals surface area contributed by atoms with Crippen molar-refractivity contribution in [3.8, 4) is 6.01 Å². The van der Waals surface area contributed by atoms with Gasteiger partial charge in [0.1, 0.15) is 0 Å². The lowest BCUT2D eigenvalue weighted by atomic mass is 10.7. The van der Waals surface area contributed by atoms with Crippen molar-refractivity contribution in [1.82, 2.24) is 9.97 Å². The molecule has 0 aromatic carbocycles. The smallest absolute Gasteiger partial charge is 0.315 e. The summed E-state index contributed by atoms with van der Waals surface area (Å²) in [5.74, 6) is 0. The lowest BCUT2D eigenvalue weighted by molar-refractivity contribution is 0.380. The first-order valence-electron chi connectivity index (χ1n) is 3.90. The van der Waals surface area contributed by atoms with Crippen LogP contribution in [0.3, 0.4) is 0 Å². The molecule has 0 amide bonds. The minimum atomic E-state index is -1.25. The van der Waals surface area contributed by atoms with Gasteiger partial charge in [-0.1, -0.05) is 19.6 Å². The Morgan fingerprint density at radius 2 is 1.67 bits per heavy atom. The van der Waals surface area contributed by atoms with Crippen LogP contribution < -0.4 is 9.92 Å². The first-order chi connectivity index (χ1) is 5.54. The van der Waals surface area contributed by atoms with Crippen LogP contribution in [0.1, 0.15) is 0 Å². The predicted octanol–water partition coefficient (Wildman–Crippen LogP) is 1.03. The number of hydrogen-bond donors (Lipinski definition) is 0. The number of nitrogens with zero attached hydrogens (tertiary/aromatic N) is 2. The zero-order valence-corrected chi connectivity index (χ0v) is 8.96. The monoisotopic (exact) mass is 182 g/mol. The fraction of sp³-hybridized carbons (Fsp3) is 0.500. The fourth-order valence-corrected chi connectivity index (χ4v) is 1.71. The molecule has 0 bridgehead atoms. The van der Waals surface area contributed by atoms with Crippen LogP contribution in [0.25, 0.3) is 0 Å². The molecule has 0 radical (unpaired) electrons. The maximum atomic E-state index is 4.88. The molecule has 0 saturated carbocycles. The molecule has 0 spiro atoms. The summed E-state index contributed by atoms with van der Waals surface area (Å²) in [6, 6.07) is 0.442. The molecule has 1 heterocycles. The Balaban J connectivity index is 2.93. The first-order valence-corrected chi connectivity index (χ1v) is 7.40. The molecule has 3 nitrogen and oxygen atoms in total. The number of ether oxygens (including phenoxy) is 1. The van der Waals surface area contributed by atoms with E-state index in [9.17, 15) is 0 Å². The second-order valence-corrected chi connectivity index (χ2v) is 8.79. The zero-order valence-electron chi connectivity index (χ0n) is 7.96. The van der Waals surface area contributed by atoms with E-state index in [-0.39, 0.29) is 0 Å². The van der Waals surface area contributed by atoms with E-state index in [2.05, 4.69) is 29.6 Å². The Hall–Kier alpha value is -0.903. The van der Waals surface area contributed by atoms with Gasteiger partial charge >= 0.3 is 6.01 Å². The molecule has 0 saturated heterocycles. The van der Waals surface area contributed by atoms with Crippen molar-refractivity contribution < 1.29 is 4.74 Å². The first kappa shape index (κ1) is 9.19. The average molecular weight is 182 g/mol. The van der Waals surface area contributed by atoms with Crippen molar-refractivity contribution in [1.29, 1.82) is 0 Å². The molecule has 4 heteroatoms. The highest BCUT2D eigenvalue weighted by Crippen LogP contribution is 2.02. The van der Waals surface area contributed by atoms with Gasteiger partial charge in [0.2, 0.25) is 0 Å². The summed E-state index contributed by atoms with van der Waals surface area (Å²) in [5.41, 5.74) is 0. The van der Waals surface area contributed by atoms with Crippen LogP contribution in [0.2, 0.25) is 19.6 Å². The van der Waals surface area contributed by atoms with Crippen LogP contribution >= 0.6 is 0 Å². The van der Waals surface area contributed by atoms with E-state index in [0.29, 0.717) is 6.01 Å². The van der Waals surface area contributed by atoms with Gasteiger partial charge in [0.05, 0.1) is 15.2 Å². The van der Waals surface area contributed by atoms with Crippen molar-refractivity contribution in [3.05, 3.63) is 12.4 Å². The van der Waals surface area contributed by atoms with Gasteiger partial charge in [-0.15, -0.1) is 0 Å². The Morgan fingerprint density at radius 1 is 1.17 bits per heavy atom. The van der Waals surface area contributed by atoms with Crippen molar-refractivity contribution in [2.75, 3.05) is 7.11 Å². The van der Waals surface area contributed by atoms with E-state index in [1.165, 1.54) is 5.19 Å². The molecule has 0 aliphatic carbocycles. The summed E-state index contributed by atoms with van der Waals surface area (Å²) in [6.45, 7) is 6.79. The molecule has 0 unspecified atom stereocenters. The van der Waals surface area contributed by atoms with Crippen LogP contribution in [0.5, 0.6) is 6.01 Å². The second kappa shape index (κ2) is 3.22. The van der Waals surface area contributed by atoms with Gasteiger partial charge in [0.25, 0.3) is 0 Å². The van der Waals surface area contributed by atoms with Gasteiger partial charge in [0, 0.05) is 12.4 Å². The van der Waals surface area contributed by atoms with Crippen LogP contribution in [-0.4, -0.2) is 25.2 Å². The van der Waals surface area contributed by atoms with Gasteiger partial charge < -0.3 is 4.74 Å². The van der Waals surface area contributed by atoms with Crippen LogP contribution in [0, 0.1) is 0 Å². The number of methoxy groups -OCH3 is 1. The van der Waals surface area contributed by atoms with Crippen LogP contribution in [0.4, 0.5) is 0 Å². The van der Waals surface area contributed by atoms with E-state index >= 15 is 0 Å². The second-order valence-electron chi connectivity index (χ2n) is 3.71. The number of hydrogen-bond acceptors (Lipinski definition) is 3. The number of rotatable bonds is 2. The topological polar surface area (TPSA) is 35.0 Å². The van der Waals surface area contributed by atoms with E-state index in [4.69, 9.17) is 4.74 Å². The van der Waals surface area contributed by atoms with Crippen molar-refractivity contribution in [2.45, 2.75) is 19.6 Å². The molecular weight excluding hydrogens is 168 g/mol. The highest BCUT2D eigenvalue weighted by molar-refractivity contribution is 6.88. The van der Waals surface area contributed by atoms with E-state index in [0.717, 1.165) is 0 Å².